The number of likely N-dealkylation sites (tertiary alicyclic amines) is 2. The molecular formula is C13H26N2. The Labute approximate surface area is 94.6 Å². The summed E-state index contributed by atoms with van der Waals surface area (Å²) in [5.74, 6) is 0. The molecule has 2 nitrogen and oxygen atoms in total. The highest BCUT2D eigenvalue weighted by Gasteiger charge is 2.19. The molecule has 2 rings (SSSR count). The quantitative estimate of drug-likeness (QED) is 0.705. The van der Waals surface area contributed by atoms with E-state index in [1.807, 2.05) is 0 Å². The third-order valence-corrected chi connectivity index (χ3v) is 4.15. The van der Waals surface area contributed by atoms with Gasteiger partial charge in [0.05, 0.1) is 0 Å². The van der Waals surface area contributed by atoms with E-state index < -0.39 is 0 Å². The first-order valence-corrected chi connectivity index (χ1v) is 6.79. The molecule has 0 aromatic rings. The lowest BCUT2D eigenvalue weighted by molar-refractivity contribution is 0.145. The second kappa shape index (κ2) is 5.86. The van der Waals surface area contributed by atoms with Crippen LogP contribution in [-0.2, 0) is 0 Å². The molecule has 0 saturated carbocycles. The summed E-state index contributed by atoms with van der Waals surface area (Å²) >= 11 is 0. The Hall–Kier alpha value is -0.0800. The van der Waals surface area contributed by atoms with Crippen LogP contribution in [0.5, 0.6) is 0 Å². The van der Waals surface area contributed by atoms with E-state index in [1.54, 1.807) is 0 Å². The molecule has 0 aliphatic carbocycles. The van der Waals surface area contributed by atoms with E-state index in [0.717, 1.165) is 6.04 Å². The first-order chi connectivity index (χ1) is 7.36. The zero-order chi connectivity index (χ0) is 10.5. The van der Waals surface area contributed by atoms with E-state index in [1.165, 1.54) is 71.1 Å². The fraction of sp³-hybridized carbons (Fsp3) is 1.00. The van der Waals surface area contributed by atoms with Gasteiger partial charge in [-0.15, -0.1) is 0 Å². The van der Waals surface area contributed by atoms with Crippen molar-refractivity contribution in [2.45, 2.75) is 51.0 Å². The maximum atomic E-state index is 2.67. The molecule has 0 spiro atoms. The van der Waals surface area contributed by atoms with E-state index in [2.05, 4.69) is 16.8 Å². The Morgan fingerprint density at radius 3 is 2.40 bits per heavy atom. The van der Waals surface area contributed by atoms with Gasteiger partial charge in [0.25, 0.3) is 0 Å². The molecule has 15 heavy (non-hydrogen) atoms. The molecule has 0 radical (unpaired) electrons. The fourth-order valence-electron chi connectivity index (χ4n) is 3.02. The van der Waals surface area contributed by atoms with Crippen LogP contribution < -0.4 is 0 Å². The number of piperidine rings is 2. The largest absolute Gasteiger partial charge is 0.303 e. The average molecular weight is 210 g/mol. The summed E-state index contributed by atoms with van der Waals surface area (Å²) in [6, 6.07) is 0.876. The molecule has 2 aliphatic rings. The minimum absolute atomic E-state index is 0.876. The Kier molecular flexibility index (Phi) is 4.45. The van der Waals surface area contributed by atoms with Gasteiger partial charge < -0.3 is 9.80 Å². The lowest BCUT2D eigenvalue weighted by Gasteiger charge is -2.35. The van der Waals surface area contributed by atoms with Crippen LogP contribution in [-0.4, -0.2) is 49.1 Å². The van der Waals surface area contributed by atoms with Crippen LogP contribution in [0.15, 0.2) is 0 Å². The number of hydrogen-bond acceptors (Lipinski definition) is 2. The van der Waals surface area contributed by atoms with Gasteiger partial charge in [0.1, 0.15) is 0 Å². The van der Waals surface area contributed by atoms with Crippen molar-refractivity contribution in [1.29, 1.82) is 0 Å². The third-order valence-electron chi connectivity index (χ3n) is 4.15. The van der Waals surface area contributed by atoms with Crippen LogP contribution in [0.25, 0.3) is 0 Å². The highest BCUT2D eigenvalue weighted by molar-refractivity contribution is 4.76. The van der Waals surface area contributed by atoms with Gasteiger partial charge in [-0.1, -0.05) is 12.8 Å². The van der Waals surface area contributed by atoms with Gasteiger partial charge in [0, 0.05) is 6.04 Å². The zero-order valence-corrected chi connectivity index (χ0v) is 10.2. The van der Waals surface area contributed by atoms with Crippen molar-refractivity contribution >= 4 is 0 Å². The van der Waals surface area contributed by atoms with Gasteiger partial charge >= 0.3 is 0 Å². The number of nitrogens with zero attached hydrogens (tertiary/aromatic N) is 2. The summed E-state index contributed by atoms with van der Waals surface area (Å²) in [5, 5.41) is 0. The van der Waals surface area contributed by atoms with Crippen molar-refractivity contribution in [2.75, 3.05) is 33.2 Å². The monoisotopic (exact) mass is 210 g/mol. The minimum atomic E-state index is 0.876. The molecule has 2 aliphatic heterocycles. The van der Waals surface area contributed by atoms with Crippen molar-refractivity contribution < 1.29 is 0 Å². The molecule has 88 valence electrons. The standard InChI is InChI=1S/C13H26N2/c1-14-9-6-3-7-13(14)8-12-15-10-4-2-5-11-15/h13H,2-12H2,1H3. The molecule has 2 fully saturated rings. The summed E-state index contributed by atoms with van der Waals surface area (Å²) in [7, 11) is 2.31. The molecule has 0 aromatic heterocycles. The second-order valence-corrected chi connectivity index (χ2v) is 5.32. The normalized spacial score (nSPS) is 30.6. The maximum Gasteiger partial charge on any atom is 0.0104 e. The lowest BCUT2D eigenvalue weighted by atomic mass is 9.99. The fourth-order valence-corrected chi connectivity index (χ4v) is 3.02. The Balaban J connectivity index is 1.67. The summed E-state index contributed by atoms with van der Waals surface area (Å²) in [5.41, 5.74) is 0. The molecular weight excluding hydrogens is 184 g/mol. The van der Waals surface area contributed by atoms with Crippen LogP contribution in [0.1, 0.15) is 44.9 Å². The number of hydrogen-bond donors (Lipinski definition) is 0. The Morgan fingerprint density at radius 1 is 0.933 bits per heavy atom. The molecule has 0 N–H and O–H groups in total. The van der Waals surface area contributed by atoms with E-state index in [4.69, 9.17) is 0 Å². The first kappa shape index (κ1) is 11.4. The van der Waals surface area contributed by atoms with E-state index in [9.17, 15) is 0 Å². The van der Waals surface area contributed by atoms with Crippen LogP contribution in [0.4, 0.5) is 0 Å². The smallest absolute Gasteiger partial charge is 0.0104 e. The van der Waals surface area contributed by atoms with E-state index in [-0.39, 0.29) is 0 Å². The Bertz CT molecular complexity index is 175. The van der Waals surface area contributed by atoms with Crippen molar-refractivity contribution in [3.05, 3.63) is 0 Å². The molecule has 2 heterocycles. The summed E-state index contributed by atoms with van der Waals surface area (Å²) < 4.78 is 0. The van der Waals surface area contributed by atoms with Crippen LogP contribution in [0.2, 0.25) is 0 Å². The van der Waals surface area contributed by atoms with Gasteiger partial charge in [-0.05, 0) is 65.3 Å². The van der Waals surface area contributed by atoms with Gasteiger partial charge in [0.2, 0.25) is 0 Å². The van der Waals surface area contributed by atoms with Gasteiger partial charge in [-0.25, -0.2) is 0 Å². The predicted octanol–water partition coefficient (Wildman–Crippen LogP) is 2.35. The molecule has 1 atom stereocenters. The molecule has 0 aromatic carbocycles. The predicted molar refractivity (Wildman–Crippen MR) is 65.2 cm³/mol. The van der Waals surface area contributed by atoms with Crippen molar-refractivity contribution in [3.63, 3.8) is 0 Å². The molecule has 0 bridgehead atoms. The minimum Gasteiger partial charge on any atom is -0.303 e. The number of rotatable bonds is 3. The van der Waals surface area contributed by atoms with E-state index in [0.29, 0.717) is 0 Å². The second-order valence-electron chi connectivity index (χ2n) is 5.32. The highest BCUT2D eigenvalue weighted by atomic mass is 15.2. The zero-order valence-electron chi connectivity index (χ0n) is 10.2. The van der Waals surface area contributed by atoms with Crippen LogP contribution in [0, 0.1) is 0 Å². The van der Waals surface area contributed by atoms with E-state index >= 15 is 0 Å². The lowest BCUT2D eigenvalue weighted by Crippen LogP contribution is -2.40. The SMILES string of the molecule is CN1CCCCC1CCN1CCCCC1. The van der Waals surface area contributed by atoms with Crippen LogP contribution in [0.3, 0.4) is 0 Å². The molecule has 1 unspecified atom stereocenters. The topological polar surface area (TPSA) is 6.48 Å². The summed E-state index contributed by atoms with van der Waals surface area (Å²) in [6.07, 6.45) is 10.0. The van der Waals surface area contributed by atoms with Gasteiger partial charge in [0.15, 0.2) is 0 Å². The maximum absolute atomic E-state index is 2.67. The highest BCUT2D eigenvalue weighted by Crippen LogP contribution is 2.19. The average Bonchev–Trinajstić information content (AvgIpc) is 2.29. The summed E-state index contributed by atoms with van der Waals surface area (Å²) in [6.45, 7) is 5.38. The first-order valence-electron chi connectivity index (χ1n) is 6.79. The van der Waals surface area contributed by atoms with Crippen LogP contribution >= 0.6 is 0 Å². The van der Waals surface area contributed by atoms with Gasteiger partial charge in [-0.3, -0.25) is 0 Å². The molecule has 0 amide bonds. The molecule has 2 saturated heterocycles. The third kappa shape index (κ3) is 3.46. The van der Waals surface area contributed by atoms with Crippen molar-refractivity contribution in [3.8, 4) is 0 Å². The van der Waals surface area contributed by atoms with Crippen molar-refractivity contribution in [1.82, 2.24) is 9.80 Å². The van der Waals surface area contributed by atoms with Gasteiger partial charge in [-0.2, -0.15) is 0 Å². The van der Waals surface area contributed by atoms with Crippen molar-refractivity contribution in [2.24, 2.45) is 0 Å². The Morgan fingerprint density at radius 2 is 1.67 bits per heavy atom. The molecule has 2 heteroatoms. The summed E-state index contributed by atoms with van der Waals surface area (Å²) in [4.78, 5) is 5.25.